The molecule has 0 aliphatic rings. The molecule has 2 aromatic heterocycles. The number of thiazole rings is 1. The molecule has 0 aromatic carbocycles. The molecule has 2 heterocycles. The summed E-state index contributed by atoms with van der Waals surface area (Å²) >= 11 is 1.37. The van der Waals surface area contributed by atoms with Gasteiger partial charge in [-0.05, 0) is 0 Å². The third-order valence-corrected chi connectivity index (χ3v) is 5.10. The molecule has 0 saturated carbocycles. The minimum Gasteiger partial charge on any atom is -0.382 e. The Labute approximate surface area is 127 Å². The highest BCUT2D eigenvalue weighted by Crippen LogP contribution is 2.25. The Balaban J connectivity index is 2.26. The quantitative estimate of drug-likeness (QED) is 0.725. The van der Waals surface area contributed by atoms with Gasteiger partial charge in [0, 0.05) is 39.4 Å². The van der Waals surface area contributed by atoms with Gasteiger partial charge in [0.05, 0.1) is 12.7 Å². The van der Waals surface area contributed by atoms with Gasteiger partial charge >= 0.3 is 0 Å². The third-order valence-electron chi connectivity index (χ3n) is 2.90. The van der Waals surface area contributed by atoms with Crippen molar-refractivity contribution in [2.45, 2.75) is 11.1 Å². The summed E-state index contributed by atoms with van der Waals surface area (Å²) in [5.74, 6) is 0.315. The highest BCUT2D eigenvalue weighted by atomic mass is 32.2. The van der Waals surface area contributed by atoms with Gasteiger partial charge in [0.25, 0.3) is 10.0 Å². The van der Waals surface area contributed by atoms with Gasteiger partial charge in [-0.1, -0.05) is 0 Å². The molecule has 8 nitrogen and oxygen atoms in total. The van der Waals surface area contributed by atoms with Gasteiger partial charge in [-0.15, -0.1) is 11.3 Å². The van der Waals surface area contributed by atoms with E-state index in [2.05, 4.69) is 15.0 Å². The summed E-state index contributed by atoms with van der Waals surface area (Å²) in [7, 11) is 0.953. The van der Waals surface area contributed by atoms with Gasteiger partial charge in [-0.3, -0.25) is 4.40 Å². The van der Waals surface area contributed by atoms with Crippen LogP contribution in [0.4, 0.5) is 5.82 Å². The number of aromatic nitrogens is 2. The van der Waals surface area contributed by atoms with E-state index >= 15 is 0 Å². The van der Waals surface area contributed by atoms with Gasteiger partial charge in [-0.25, -0.2) is 18.1 Å². The van der Waals surface area contributed by atoms with E-state index in [0.29, 0.717) is 17.4 Å². The van der Waals surface area contributed by atoms with Crippen molar-refractivity contribution < 1.29 is 17.9 Å². The van der Waals surface area contributed by atoms with Crippen molar-refractivity contribution in [3.63, 3.8) is 0 Å². The summed E-state index contributed by atoms with van der Waals surface area (Å²) < 4.78 is 39.2. The monoisotopic (exact) mass is 334 g/mol. The van der Waals surface area contributed by atoms with Gasteiger partial charge in [-0.2, -0.15) is 0 Å². The fraction of sp³-hybridized carbons (Fsp3) is 0.545. The molecule has 10 heteroatoms. The smallest absolute Gasteiger partial charge is 0.260 e. The van der Waals surface area contributed by atoms with E-state index in [-0.39, 0.29) is 17.7 Å². The van der Waals surface area contributed by atoms with Crippen LogP contribution in [0.15, 0.2) is 16.6 Å². The number of sulfonamides is 1. The maximum atomic E-state index is 12.5. The van der Waals surface area contributed by atoms with E-state index in [1.165, 1.54) is 30.0 Å². The average Bonchev–Trinajstić information content (AvgIpc) is 3.02. The summed E-state index contributed by atoms with van der Waals surface area (Å²) in [6.45, 7) is 0.422. The topological polar surface area (TPSA) is 94.0 Å². The fourth-order valence-electron chi connectivity index (χ4n) is 1.85. The number of hydrogen-bond donors (Lipinski definition) is 2. The molecule has 0 aliphatic heterocycles. The number of rotatable bonds is 8. The second-order valence-corrected chi connectivity index (χ2v) is 6.79. The minimum atomic E-state index is -3.72. The first-order valence-electron chi connectivity index (χ1n) is 6.18. The molecule has 0 aliphatic carbocycles. The van der Waals surface area contributed by atoms with E-state index in [9.17, 15) is 8.42 Å². The van der Waals surface area contributed by atoms with Crippen LogP contribution in [0.1, 0.15) is 0 Å². The predicted molar refractivity (Wildman–Crippen MR) is 80.5 cm³/mol. The number of nitrogens with one attached hydrogen (secondary N) is 2. The highest BCUT2D eigenvalue weighted by molar-refractivity contribution is 7.89. The lowest BCUT2D eigenvalue weighted by Crippen LogP contribution is -2.36. The standard InChI is InChI=1S/C11H18N4O4S2/c1-12-9-10(15-4-5-20-11(15)14-9)21(16,17)13-6-8(19-3)7-18-2/h4-5,8,12-13H,6-7H2,1-3H3. The van der Waals surface area contributed by atoms with E-state index in [4.69, 9.17) is 9.47 Å². The Kier molecular flexibility index (Phi) is 5.17. The first-order valence-corrected chi connectivity index (χ1v) is 8.54. The molecule has 0 amide bonds. The van der Waals surface area contributed by atoms with Gasteiger partial charge in [0.15, 0.2) is 15.8 Å². The summed E-state index contributed by atoms with van der Waals surface area (Å²) in [5, 5.41) is 4.68. The van der Waals surface area contributed by atoms with Crippen LogP contribution in [0.3, 0.4) is 0 Å². The number of nitrogens with zero attached hydrogens (tertiary/aromatic N) is 2. The van der Waals surface area contributed by atoms with Crippen LogP contribution in [-0.4, -0.2) is 58.3 Å². The molecule has 118 valence electrons. The van der Waals surface area contributed by atoms with E-state index in [0.717, 1.165) is 0 Å². The molecule has 1 unspecified atom stereocenters. The Morgan fingerprint density at radius 2 is 2.24 bits per heavy atom. The maximum Gasteiger partial charge on any atom is 0.260 e. The molecule has 21 heavy (non-hydrogen) atoms. The summed E-state index contributed by atoms with van der Waals surface area (Å²) in [5.41, 5.74) is 0. The van der Waals surface area contributed by atoms with Crippen molar-refractivity contribution in [3.8, 4) is 0 Å². The number of ether oxygens (including phenoxy) is 2. The second kappa shape index (κ2) is 6.71. The molecular formula is C11H18N4O4S2. The second-order valence-electron chi connectivity index (χ2n) is 4.24. The Morgan fingerprint density at radius 3 is 2.86 bits per heavy atom. The number of imidazole rings is 1. The van der Waals surface area contributed by atoms with Gasteiger partial charge < -0.3 is 14.8 Å². The van der Waals surface area contributed by atoms with Crippen LogP contribution in [0.25, 0.3) is 4.96 Å². The number of hydrogen-bond acceptors (Lipinski definition) is 7. The van der Waals surface area contributed by atoms with Crippen LogP contribution in [0.5, 0.6) is 0 Å². The lowest BCUT2D eigenvalue weighted by molar-refractivity contribution is 0.0320. The molecule has 2 N–H and O–H groups in total. The average molecular weight is 334 g/mol. The zero-order valence-corrected chi connectivity index (χ0v) is 13.6. The SMILES string of the molecule is CNc1nc2sccn2c1S(=O)(=O)NCC(COC)OC. The van der Waals surface area contributed by atoms with Crippen LogP contribution in [0.2, 0.25) is 0 Å². The molecule has 0 saturated heterocycles. The van der Waals surface area contributed by atoms with Crippen LogP contribution < -0.4 is 10.0 Å². The highest BCUT2D eigenvalue weighted by Gasteiger charge is 2.26. The molecular weight excluding hydrogens is 316 g/mol. The lowest BCUT2D eigenvalue weighted by Gasteiger charge is -2.15. The summed E-state index contributed by atoms with van der Waals surface area (Å²) in [6.07, 6.45) is 1.32. The molecule has 2 aromatic rings. The van der Waals surface area contributed by atoms with Gasteiger partial charge in [0.1, 0.15) is 0 Å². The van der Waals surface area contributed by atoms with Crippen LogP contribution >= 0.6 is 11.3 Å². The van der Waals surface area contributed by atoms with E-state index in [1.54, 1.807) is 18.6 Å². The zero-order chi connectivity index (χ0) is 15.5. The maximum absolute atomic E-state index is 12.5. The first kappa shape index (κ1) is 16.2. The Bertz CT molecular complexity index is 694. The molecule has 0 bridgehead atoms. The van der Waals surface area contributed by atoms with Crippen molar-refractivity contribution in [2.24, 2.45) is 0 Å². The van der Waals surface area contributed by atoms with E-state index < -0.39 is 10.0 Å². The molecule has 0 spiro atoms. The number of methoxy groups -OCH3 is 2. The van der Waals surface area contributed by atoms with Gasteiger partial charge in [0.2, 0.25) is 0 Å². The molecule has 1 atom stereocenters. The first-order chi connectivity index (χ1) is 10.0. The van der Waals surface area contributed by atoms with Crippen molar-refractivity contribution in [3.05, 3.63) is 11.6 Å². The van der Waals surface area contributed by atoms with E-state index in [1.807, 2.05) is 0 Å². The molecule has 0 radical (unpaired) electrons. The Morgan fingerprint density at radius 1 is 1.48 bits per heavy atom. The van der Waals surface area contributed by atoms with Crippen molar-refractivity contribution in [1.29, 1.82) is 0 Å². The number of anilines is 1. The predicted octanol–water partition coefficient (Wildman–Crippen LogP) is 0.377. The zero-order valence-electron chi connectivity index (χ0n) is 12.0. The largest absolute Gasteiger partial charge is 0.382 e. The van der Waals surface area contributed by atoms with Crippen molar-refractivity contribution in [2.75, 3.05) is 39.7 Å². The minimum absolute atomic E-state index is 0.0912. The third kappa shape index (κ3) is 3.35. The fourth-order valence-corrected chi connectivity index (χ4v) is 3.97. The summed E-state index contributed by atoms with van der Waals surface area (Å²) in [6, 6.07) is 0. The van der Waals surface area contributed by atoms with Crippen molar-refractivity contribution >= 4 is 32.1 Å². The lowest BCUT2D eigenvalue weighted by atomic mass is 10.4. The normalized spacial score (nSPS) is 13.7. The molecule has 2 rings (SSSR count). The van der Waals surface area contributed by atoms with Crippen LogP contribution in [-0.2, 0) is 19.5 Å². The molecule has 0 fully saturated rings. The number of fused-ring (bicyclic) bond motifs is 1. The van der Waals surface area contributed by atoms with Crippen molar-refractivity contribution in [1.82, 2.24) is 14.1 Å². The van der Waals surface area contributed by atoms with Crippen LogP contribution in [0, 0.1) is 0 Å². The summed E-state index contributed by atoms with van der Waals surface area (Å²) in [4.78, 5) is 4.85. The Hall–Kier alpha value is -1.20.